The summed E-state index contributed by atoms with van der Waals surface area (Å²) < 4.78 is 1.83. The van der Waals surface area contributed by atoms with E-state index in [9.17, 15) is 9.59 Å². The van der Waals surface area contributed by atoms with E-state index in [1.807, 2.05) is 22.7 Å². The Morgan fingerprint density at radius 2 is 1.83 bits per heavy atom. The summed E-state index contributed by atoms with van der Waals surface area (Å²) in [5.41, 5.74) is 7.27. The molecule has 1 aliphatic heterocycles. The average Bonchev–Trinajstić information content (AvgIpc) is 3.00. The van der Waals surface area contributed by atoms with Crippen molar-refractivity contribution in [2.24, 2.45) is 12.8 Å². The molecule has 2 aromatic rings. The van der Waals surface area contributed by atoms with E-state index in [0.717, 1.165) is 31.5 Å². The molecule has 0 radical (unpaired) electrons. The molecule has 2 amide bonds. The van der Waals surface area contributed by atoms with Crippen molar-refractivity contribution < 1.29 is 9.59 Å². The van der Waals surface area contributed by atoms with Crippen molar-refractivity contribution in [1.82, 2.24) is 14.7 Å². The summed E-state index contributed by atoms with van der Waals surface area (Å²) >= 11 is 0. The third-order valence-electron chi connectivity index (χ3n) is 4.38. The Kier molecular flexibility index (Phi) is 4.14. The minimum Gasteiger partial charge on any atom is -0.366 e. The molecule has 0 spiro atoms. The molecule has 0 aliphatic carbocycles. The number of carbonyl (C=O) groups excluding carboxylic acids is 2. The lowest BCUT2D eigenvalue weighted by atomic mass is 9.98. The highest BCUT2D eigenvalue weighted by atomic mass is 16.2. The predicted molar refractivity (Wildman–Crippen MR) is 85.8 cm³/mol. The van der Waals surface area contributed by atoms with E-state index in [1.165, 1.54) is 0 Å². The largest absolute Gasteiger partial charge is 0.366 e. The fourth-order valence-corrected chi connectivity index (χ4v) is 3.14. The summed E-state index contributed by atoms with van der Waals surface area (Å²) in [6, 6.07) is 8.53. The van der Waals surface area contributed by atoms with Gasteiger partial charge in [0.25, 0.3) is 5.91 Å². The van der Waals surface area contributed by atoms with Crippen LogP contribution in [-0.2, 0) is 7.05 Å². The fraction of sp³-hybridized carbons (Fsp3) is 0.353. The lowest BCUT2D eigenvalue weighted by molar-refractivity contribution is 0.0601. The second-order valence-electron chi connectivity index (χ2n) is 5.83. The Bertz CT molecular complexity index is 720. The van der Waals surface area contributed by atoms with E-state index in [1.54, 1.807) is 30.5 Å². The highest BCUT2D eigenvalue weighted by Crippen LogP contribution is 2.31. The molecule has 0 saturated carbocycles. The molecule has 1 aromatic carbocycles. The van der Waals surface area contributed by atoms with Crippen LogP contribution in [0, 0.1) is 0 Å². The number of amides is 2. The Morgan fingerprint density at radius 3 is 2.43 bits per heavy atom. The highest BCUT2D eigenvalue weighted by molar-refractivity contribution is 5.97. The van der Waals surface area contributed by atoms with Gasteiger partial charge in [-0.2, -0.15) is 5.10 Å². The molecule has 6 nitrogen and oxygen atoms in total. The maximum absolute atomic E-state index is 12.9. The molecule has 1 unspecified atom stereocenters. The molecule has 1 aliphatic rings. The third-order valence-corrected chi connectivity index (χ3v) is 4.38. The zero-order valence-electron chi connectivity index (χ0n) is 13.1. The van der Waals surface area contributed by atoms with Crippen LogP contribution in [0.2, 0.25) is 0 Å². The summed E-state index contributed by atoms with van der Waals surface area (Å²) in [5.74, 6) is -0.512. The molecule has 1 fully saturated rings. The maximum Gasteiger partial charge on any atom is 0.254 e. The Hall–Kier alpha value is -2.63. The van der Waals surface area contributed by atoms with Gasteiger partial charge in [0, 0.05) is 30.9 Å². The van der Waals surface area contributed by atoms with Crippen molar-refractivity contribution in [3.63, 3.8) is 0 Å². The molecule has 6 heteroatoms. The molecule has 120 valence electrons. The van der Waals surface area contributed by atoms with E-state index in [2.05, 4.69) is 5.10 Å². The van der Waals surface area contributed by atoms with E-state index in [-0.39, 0.29) is 11.9 Å². The molecule has 2 N–H and O–H groups in total. The van der Waals surface area contributed by atoms with Crippen molar-refractivity contribution in [3.05, 3.63) is 53.3 Å². The molecule has 1 aromatic heterocycles. The quantitative estimate of drug-likeness (QED) is 0.939. The first-order valence-electron chi connectivity index (χ1n) is 7.76. The first-order chi connectivity index (χ1) is 11.1. The van der Waals surface area contributed by atoms with E-state index in [4.69, 9.17) is 5.73 Å². The first-order valence-corrected chi connectivity index (χ1v) is 7.76. The summed E-state index contributed by atoms with van der Waals surface area (Å²) in [6.07, 6.45) is 4.79. The van der Waals surface area contributed by atoms with Crippen LogP contribution in [0.3, 0.4) is 0 Å². The van der Waals surface area contributed by atoms with Gasteiger partial charge in [-0.15, -0.1) is 0 Å². The Balaban J connectivity index is 1.86. The topological polar surface area (TPSA) is 81.2 Å². The SMILES string of the molecule is Cn1nccc1C1CCCCN1C(=O)c1ccc(C(N)=O)cc1. The normalized spacial score (nSPS) is 18.0. The number of hydrogen-bond acceptors (Lipinski definition) is 3. The monoisotopic (exact) mass is 312 g/mol. The summed E-state index contributed by atoms with van der Waals surface area (Å²) in [5, 5.41) is 4.22. The number of benzene rings is 1. The maximum atomic E-state index is 12.9. The number of rotatable bonds is 3. The molecule has 23 heavy (non-hydrogen) atoms. The lowest BCUT2D eigenvalue weighted by Gasteiger charge is -2.35. The molecule has 1 saturated heterocycles. The number of aryl methyl sites for hydroxylation is 1. The van der Waals surface area contributed by atoms with Crippen LogP contribution < -0.4 is 5.73 Å². The molecular weight excluding hydrogens is 292 g/mol. The fourth-order valence-electron chi connectivity index (χ4n) is 3.14. The smallest absolute Gasteiger partial charge is 0.254 e. The van der Waals surface area contributed by atoms with Crippen LogP contribution in [0.25, 0.3) is 0 Å². The summed E-state index contributed by atoms with van der Waals surface area (Å²) in [6.45, 7) is 0.728. The van der Waals surface area contributed by atoms with Crippen LogP contribution in [0.1, 0.15) is 51.7 Å². The van der Waals surface area contributed by atoms with E-state index >= 15 is 0 Å². The number of aromatic nitrogens is 2. The van der Waals surface area contributed by atoms with Gasteiger partial charge in [0.15, 0.2) is 0 Å². The number of hydrogen-bond donors (Lipinski definition) is 1. The minimum atomic E-state index is -0.491. The van der Waals surface area contributed by atoms with Gasteiger partial charge in [0.1, 0.15) is 0 Å². The lowest BCUT2D eigenvalue weighted by Crippen LogP contribution is -2.39. The number of primary amides is 1. The Labute approximate surface area is 134 Å². The van der Waals surface area contributed by atoms with Crippen molar-refractivity contribution >= 4 is 11.8 Å². The molecule has 2 heterocycles. The molecular formula is C17H20N4O2. The van der Waals surface area contributed by atoms with Gasteiger partial charge in [0.05, 0.1) is 11.7 Å². The van der Waals surface area contributed by atoms with Gasteiger partial charge in [-0.3, -0.25) is 14.3 Å². The van der Waals surface area contributed by atoms with Crippen molar-refractivity contribution in [2.45, 2.75) is 25.3 Å². The van der Waals surface area contributed by atoms with Gasteiger partial charge >= 0.3 is 0 Å². The second kappa shape index (κ2) is 6.24. The van der Waals surface area contributed by atoms with Gasteiger partial charge < -0.3 is 10.6 Å². The molecule has 1 atom stereocenters. The summed E-state index contributed by atoms with van der Waals surface area (Å²) in [7, 11) is 1.90. The first kappa shape index (κ1) is 15.3. The molecule has 3 rings (SSSR count). The number of carbonyl (C=O) groups is 2. The van der Waals surface area contributed by atoms with Crippen LogP contribution in [0.4, 0.5) is 0 Å². The van der Waals surface area contributed by atoms with Crippen molar-refractivity contribution in [3.8, 4) is 0 Å². The highest BCUT2D eigenvalue weighted by Gasteiger charge is 2.30. The van der Waals surface area contributed by atoms with Gasteiger partial charge in [0.2, 0.25) is 5.91 Å². The van der Waals surface area contributed by atoms with E-state index in [0.29, 0.717) is 11.1 Å². The van der Waals surface area contributed by atoms with Gasteiger partial charge in [-0.25, -0.2) is 0 Å². The number of piperidine rings is 1. The average molecular weight is 312 g/mol. The van der Waals surface area contributed by atoms with Gasteiger partial charge in [-0.1, -0.05) is 0 Å². The van der Waals surface area contributed by atoms with Crippen molar-refractivity contribution in [2.75, 3.05) is 6.54 Å². The van der Waals surface area contributed by atoms with Crippen LogP contribution in [-0.4, -0.2) is 33.0 Å². The third kappa shape index (κ3) is 2.97. The second-order valence-corrected chi connectivity index (χ2v) is 5.83. The number of nitrogens with two attached hydrogens (primary N) is 1. The van der Waals surface area contributed by atoms with Crippen LogP contribution in [0.5, 0.6) is 0 Å². The number of nitrogens with zero attached hydrogens (tertiary/aromatic N) is 3. The van der Waals surface area contributed by atoms with Crippen LogP contribution in [0.15, 0.2) is 36.5 Å². The van der Waals surface area contributed by atoms with Gasteiger partial charge in [-0.05, 0) is 49.6 Å². The predicted octanol–water partition coefficient (Wildman–Crippen LogP) is 1.89. The van der Waals surface area contributed by atoms with Crippen molar-refractivity contribution in [1.29, 1.82) is 0 Å². The van der Waals surface area contributed by atoms with Crippen LogP contribution >= 0.6 is 0 Å². The zero-order chi connectivity index (χ0) is 16.4. The Morgan fingerprint density at radius 1 is 1.13 bits per heavy atom. The minimum absolute atomic E-state index is 0.0214. The van der Waals surface area contributed by atoms with E-state index < -0.39 is 5.91 Å². The number of likely N-dealkylation sites (tertiary alicyclic amines) is 1. The zero-order valence-corrected chi connectivity index (χ0v) is 13.1. The summed E-state index contributed by atoms with van der Waals surface area (Å²) in [4.78, 5) is 25.9. The molecule has 0 bridgehead atoms. The standard InChI is InChI=1S/C17H20N4O2/c1-20-14(9-10-19-20)15-4-2-3-11-21(15)17(23)13-7-5-12(6-8-13)16(18)22/h5-10,15H,2-4,11H2,1H3,(H2,18,22).